The number of guanidine groups is 1. The van der Waals surface area contributed by atoms with Crippen molar-refractivity contribution in [3.8, 4) is 5.75 Å². The summed E-state index contributed by atoms with van der Waals surface area (Å²) in [6.07, 6.45) is 3.44. The van der Waals surface area contributed by atoms with Gasteiger partial charge in [0.05, 0.1) is 5.71 Å². The molecular formula is C11H15N5O4. The lowest BCUT2D eigenvalue weighted by molar-refractivity contribution is -0.742. The summed E-state index contributed by atoms with van der Waals surface area (Å²) < 4.78 is 0. The molecule has 0 spiro atoms. The molecule has 1 aromatic carbocycles. The van der Waals surface area contributed by atoms with Gasteiger partial charge in [-0.15, -0.1) is 15.2 Å². The smallest absolute Gasteiger partial charge is 0.291 e. The maximum absolute atomic E-state index is 9.48. The van der Waals surface area contributed by atoms with Gasteiger partial charge in [0, 0.05) is 5.56 Å². The number of nitrogens with two attached hydrogens (primary N) is 2. The topological polar surface area (TPSA) is 160 Å². The van der Waals surface area contributed by atoms with E-state index in [-0.39, 0.29) is 11.7 Å². The lowest BCUT2D eigenvalue weighted by Crippen LogP contribution is -2.21. The molecule has 9 nitrogen and oxygen atoms in total. The zero-order valence-electron chi connectivity index (χ0n) is 10.7. The summed E-state index contributed by atoms with van der Waals surface area (Å²) in [5.41, 5.74) is 11.6. The molecule has 1 rings (SSSR count). The Morgan fingerprint density at radius 2 is 1.90 bits per heavy atom. The molecule has 0 amide bonds. The highest BCUT2D eigenvalue weighted by Crippen LogP contribution is 2.16. The second-order valence-corrected chi connectivity index (χ2v) is 3.40. The Labute approximate surface area is 114 Å². The van der Waals surface area contributed by atoms with Crippen molar-refractivity contribution in [3.05, 3.63) is 46.0 Å². The summed E-state index contributed by atoms with van der Waals surface area (Å²) in [5.74, 6) is 0.128. The zero-order valence-corrected chi connectivity index (χ0v) is 10.7. The van der Waals surface area contributed by atoms with E-state index in [4.69, 9.17) is 26.8 Å². The fourth-order valence-electron chi connectivity index (χ4n) is 1.01. The standard InChI is InChI=1S/C11H14N4O.HNO3/c1-8(14-15-11(12)13)6-7-9-4-2-3-5-10(9)16;2-1(3)4/h2-7,16H,1H3,(H4,12,13,15);(H,2,3,4)/b7-6+,14-8+;. The van der Waals surface area contributed by atoms with Gasteiger partial charge in [-0.3, -0.25) is 0 Å². The predicted octanol–water partition coefficient (Wildman–Crippen LogP) is 0.707. The van der Waals surface area contributed by atoms with Crippen molar-refractivity contribution in [2.75, 3.05) is 0 Å². The van der Waals surface area contributed by atoms with E-state index in [1.54, 1.807) is 37.3 Å². The number of nitrogens with zero attached hydrogens (tertiary/aromatic N) is 3. The van der Waals surface area contributed by atoms with Gasteiger partial charge in [0.15, 0.2) is 0 Å². The van der Waals surface area contributed by atoms with Crippen LogP contribution in [-0.2, 0) is 0 Å². The molecule has 1 aromatic rings. The number of hydrogen-bond donors (Lipinski definition) is 4. The molecule has 0 saturated heterocycles. The summed E-state index contributed by atoms with van der Waals surface area (Å²) in [7, 11) is 0. The van der Waals surface area contributed by atoms with E-state index in [0.29, 0.717) is 11.3 Å². The SMILES string of the molecule is CC(/C=C/c1ccccc1O)=N\N=C(N)N.O=[N+]([O-])O. The molecular weight excluding hydrogens is 266 g/mol. The second kappa shape index (κ2) is 8.91. The van der Waals surface area contributed by atoms with Gasteiger partial charge in [-0.05, 0) is 25.1 Å². The monoisotopic (exact) mass is 281 g/mol. The number of benzene rings is 1. The third-order valence-electron chi connectivity index (χ3n) is 1.76. The molecule has 0 unspecified atom stereocenters. The lowest BCUT2D eigenvalue weighted by Gasteiger charge is -1.96. The molecule has 0 aliphatic rings. The summed E-state index contributed by atoms with van der Waals surface area (Å²) >= 11 is 0. The number of phenols is 1. The molecule has 108 valence electrons. The van der Waals surface area contributed by atoms with Gasteiger partial charge < -0.3 is 21.8 Å². The van der Waals surface area contributed by atoms with Crippen LogP contribution < -0.4 is 11.5 Å². The molecule has 9 heteroatoms. The average molecular weight is 281 g/mol. The van der Waals surface area contributed by atoms with Crippen molar-refractivity contribution in [2.45, 2.75) is 6.92 Å². The number of phenolic OH excluding ortho intramolecular Hbond substituents is 1. The molecule has 0 bridgehead atoms. The predicted molar refractivity (Wildman–Crippen MR) is 74.8 cm³/mol. The first-order valence-electron chi connectivity index (χ1n) is 5.25. The van der Waals surface area contributed by atoms with Gasteiger partial charge >= 0.3 is 0 Å². The Hall–Kier alpha value is -3.10. The van der Waals surface area contributed by atoms with Crippen molar-refractivity contribution < 1.29 is 15.4 Å². The van der Waals surface area contributed by atoms with Crippen LogP contribution in [0.25, 0.3) is 6.08 Å². The van der Waals surface area contributed by atoms with E-state index in [0.717, 1.165) is 0 Å². The minimum absolute atomic E-state index is 0.0877. The fourth-order valence-corrected chi connectivity index (χ4v) is 1.01. The van der Waals surface area contributed by atoms with E-state index < -0.39 is 5.09 Å². The van der Waals surface area contributed by atoms with E-state index in [1.165, 1.54) is 0 Å². The van der Waals surface area contributed by atoms with Crippen LogP contribution in [0, 0.1) is 10.1 Å². The van der Waals surface area contributed by atoms with Gasteiger partial charge in [0.2, 0.25) is 5.96 Å². The molecule has 0 aliphatic heterocycles. The Balaban J connectivity index is 0.000000796. The van der Waals surface area contributed by atoms with Crippen molar-refractivity contribution in [1.82, 2.24) is 0 Å². The van der Waals surface area contributed by atoms with Crippen molar-refractivity contribution in [3.63, 3.8) is 0 Å². The molecule has 6 N–H and O–H groups in total. The van der Waals surface area contributed by atoms with Crippen LogP contribution in [0.2, 0.25) is 0 Å². The van der Waals surface area contributed by atoms with Crippen LogP contribution in [0.3, 0.4) is 0 Å². The van der Waals surface area contributed by atoms with Crippen LogP contribution >= 0.6 is 0 Å². The molecule has 20 heavy (non-hydrogen) atoms. The van der Waals surface area contributed by atoms with Crippen LogP contribution in [0.5, 0.6) is 5.75 Å². The third kappa shape index (κ3) is 8.98. The summed E-state index contributed by atoms with van der Waals surface area (Å²) in [6.45, 7) is 1.75. The lowest BCUT2D eigenvalue weighted by atomic mass is 10.2. The fraction of sp³-hybridized carbons (Fsp3) is 0.0909. The minimum Gasteiger partial charge on any atom is -0.507 e. The second-order valence-electron chi connectivity index (χ2n) is 3.40. The van der Waals surface area contributed by atoms with Gasteiger partial charge in [-0.2, -0.15) is 5.10 Å². The first-order valence-corrected chi connectivity index (χ1v) is 5.25. The Morgan fingerprint density at radius 3 is 2.40 bits per heavy atom. The van der Waals surface area contributed by atoms with E-state index in [9.17, 15) is 5.11 Å². The Morgan fingerprint density at radius 1 is 1.35 bits per heavy atom. The summed E-state index contributed by atoms with van der Waals surface area (Å²) in [6, 6.07) is 7.00. The molecule has 0 aliphatic carbocycles. The van der Waals surface area contributed by atoms with Crippen LogP contribution in [-0.4, -0.2) is 27.1 Å². The first-order chi connectivity index (χ1) is 9.32. The summed E-state index contributed by atoms with van der Waals surface area (Å²) in [4.78, 5) is 8.36. The highest BCUT2D eigenvalue weighted by atomic mass is 16.9. The average Bonchev–Trinajstić information content (AvgIpc) is 2.34. The zero-order chi connectivity index (χ0) is 15.5. The number of rotatable bonds is 3. The van der Waals surface area contributed by atoms with Gasteiger partial charge in [0.25, 0.3) is 5.09 Å². The normalized spacial score (nSPS) is 10.6. The number of hydrogen-bond acceptors (Lipinski definition) is 5. The van der Waals surface area contributed by atoms with Gasteiger partial charge in [0.1, 0.15) is 5.75 Å². The molecule has 0 radical (unpaired) electrons. The van der Waals surface area contributed by atoms with Gasteiger partial charge in [-0.1, -0.05) is 18.2 Å². The Kier molecular flexibility index (Phi) is 7.53. The number of aromatic hydroxyl groups is 1. The summed E-state index contributed by atoms with van der Waals surface area (Å²) in [5, 5.41) is 30.4. The molecule has 0 heterocycles. The van der Waals surface area contributed by atoms with Gasteiger partial charge in [-0.25, -0.2) is 0 Å². The molecule has 0 aromatic heterocycles. The molecule has 0 fully saturated rings. The van der Waals surface area contributed by atoms with Crippen LogP contribution in [0.1, 0.15) is 12.5 Å². The van der Waals surface area contributed by atoms with E-state index >= 15 is 0 Å². The van der Waals surface area contributed by atoms with Crippen LogP contribution in [0.4, 0.5) is 0 Å². The van der Waals surface area contributed by atoms with Crippen molar-refractivity contribution >= 4 is 17.7 Å². The first kappa shape index (κ1) is 16.9. The number of allylic oxidation sites excluding steroid dienone is 1. The quantitative estimate of drug-likeness (QED) is 0.276. The van der Waals surface area contributed by atoms with Crippen molar-refractivity contribution in [1.29, 1.82) is 0 Å². The Bertz CT molecular complexity index is 531. The largest absolute Gasteiger partial charge is 0.507 e. The number of para-hydroxylation sites is 1. The highest BCUT2D eigenvalue weighted by molar-refractivity contribution is 5.96. The van der Waals surface area contributed by atoms with E-state index in [2.05, 4.69) is 10.2 Å². The minimum atomic E-state index is -1.50. The third-order valence-corrected chi connectivity index (χ3v) is 1.76. The maximum atomic E-state index is 9.48. The highest BCUT2D eigenvalue weighted by Gasteiger charge is 1.93. The van der Waals surface area contributed by atoms with Crippen molar-refractivity contribution in [2.24, 2.45) is 21.7 Å². The van der Waals surface area contributed by atoms with Crippen LogP contribution in [0.15, 0.2) is 40.5 Å². The molecule has 0 saturated carbocycles. The van der Waals surface area contributed by atoms with E-state index in [1.807, 2.05) is 6.07 Å². The maximum Gasteiger partial charge on any atom is 0.291 e. The molecule has 0 atom stereocenters.